The summed E-state index contributed by atoms with van der Waals surface area (Å²) in [5.41, 5.74) is 1.01. The summed E-state index contributed by atoms with van der Waals surface area (Å²) in [6.45, 7) is 1.60. The first-order valence-electron chi connectivity index (χ1n) is 4.01. The molecule has 13 heavy (non-hydrogen) atoms. The Hall–Kier alpha value is -1.59. The molecule has 1 aliphatic rings. The Morgan fingerprint density at radius 3 is 3.31 bits per heavy atom. The highest BCUT2D eigenvalue weighted by Gasteiger charge is 2.21. The maximum atomic E-state index is 4.91. The van der Waals surface area contributed by atoms with Crippen molar-refractivity contribution in [1.82, 2.24) is 10.4 Å². The number of hydrogen-bond donors (Lipinski definition) is 0. The quantitative estimate of drug-likeness (QED) is 0.615. The van der Waals surface area contributed by atoms with Gasteiger partial charge in [0.25, 0.3) is 0 Å². The first-order chi connectivity index (χ1) is 6.40. The van der Waals surface area contributed by atoms with E-state index in [1.807, 2.05) is 4.90 Å². The van der Waals surface area contributed by atoms with Gasteiger partial charge in [0, 0.05) is 18.2 Å². The van der Waals surface area contributed by atoms with Crippen molar-refractivity contribution < 1.29 is 9.36 Å². The average molecular weight is 182 g/mol. The summed E-state index contributed by atoms with van der Waals surface area (Å²) < 4.78 is 4.91. The minimum Gasteiger partial charge on any atom is -0.399 e. The zero-order valence-electron chi connectivity index (χ0n) is 7.30. The average Bonchev–Trinajstić information content (AvgIpc) is 2.70. The van der Waals surface area contributed by atoms with E-state index in [-0.39, 0.29) is 0 Å². The molecule has 0 saturated carbocycles. The van der Waals surface area contributed by atoms with Crippen LogP contribution < -0.4 is 4.90 Å². The van der Waals surface area contributed by atoms with Crippen molar-refractivity contribution in [1.29, 1.82) is 0 Å². The maximum Gasteiger partial charge on any atom is 0.248 e. The van der Waals surface area contributed by atoms with Crippen LogP contribution in [0.5, 0.6) is 0 Å². The van der Waals surface area contributed by atoms with E-state index in [1.165, 1.54) is 0 Å². The van der Waals surface area contributed by atoms with Crippen LogP contribution in [0.1, 0.15) is 6.42 Å². The third-order valence-corrected chi connectivity index (χ3v) is 1.93. The topological polar surface area (TPSA) is 63.8 Å². The standard InChI is InChI=1S/C7H10N4O2/c1-12-9-6-2-3-11(5-6)7-4-8-10-13-7/h4H,2-3,5H2,1H3. The number of nitrogens with zero attached hydrogens (tertiary/aromatic N) is 4. The largest absolute Gasteiger partial charge is 0.399 e. The van der Waals surface area contributed by atoms with Gasteiger partial charge in [0.05, 0.1) is 12.3 Å². The third-order valence-electron chi connectivity index (χ3n) is 1.93. The molecule has 6 nitrogen and oxygen atoms in total. The van der Waals surface area contributed by atoms with Gasteiger partial charge < -0.3 is 14.3 Å². The highest BCUT2D eigenvalue weighted by atomic mass is 16.6. The second kappa shape index (κ2) is 3.42. The van der Waals surface area contributed by atoms with E-state index < -0.39 is 0 Å². The fraction of sp³-hybridized carbons (Fsp3) is 0.571. The smallest absolute Gasteiger partial charge is 0.248 e. The molecule has 2 heterocycles. The lowest BCUT2D eigenvalue weighted by Crippen LogP contribution is -2.18. The summed E-state index contributed by atoms with van der Waals surface area (Å²) in [6.07, 6.45) is 2.49. The Labute approximate surface area is 75.1 Å². The van der Waals surface area contributed by atoms with Gasteiger partial charge in [-0.25, -0.2) is 0 Å². The molecule has 0 aliphatic carbocycles. The van der Waals surface area contributed by atoms with Gasteiger partial charge in [0.2, 0.25) is 5.88 Å². The third kappa shape index (κ3) is 1.61. The first-order valence-corrected chi connectivity index (χ1v) is 4.01. The lowest BCUT2D eigenvalue weighted by molar-refractivity contribution is 0.212. The Morgan fingerprint density at radius 2 is 2.62 bits per heavy atom. The summed E-state index contributed by atoms with van der Waals surface area (Å²) in [5, 5.41) is 10.9. The van der Waals surface area contributed by atoms with Crippen molar-refractivity contribution in [2.45, 2.75) is 6.42 Å². The van der Waals surface area contributed by atoms with Crippen LogP contribution in [0, 0.1) is 0 Å². The fourth-order valence-electron chi connectivity index (χ4n) is 1.34. The summed E-state index contributed by atoms with van der Waals surface area (Å²) in [4.78, 5) is 6.70. The number of oxime groups is 1. The van der Waals surface area contributed by atoms with Crippen molar-refractivity contribution in [2.75, 3.05) is 25.1 Å². The van der Waals surface area contributed by atoms with Gasteiger partial charge in [-0.3, -0.25) is 0 Å². The second-order valence-electron chi connectivity index (χ2n) is 2.77. The summed E-state index contributed by atoms with van der Waals surface area (Å²) in [5.74, 6) is 0.682. The Balaban J connectivity index is 2.03. The van der Waals surface area contributed by atoms with Crippen molar-refractivity contribution >= 4 is 11.6 Å². The van der Waals surface area contributed by atoms with E-state index in [9.17, 15) is 0 Å². The van der Waals surface area contributed by atoms with Gasteiger partial charge in [-0.2, -0.15) is 0 Å². The normalized spacial score (nSPS) is 19.8. The SMILES string of the molecule is CON=C1CCN(c2cnno2)C1. The van der Waals surface area contributed by atoms with E-state index >= 15 is 0 Å². The zero-order chi connectivity index (χ0) is 9.10. The van der Waals surface area contributed by atoms with Crippen LogP contribution in [0.3, 0.4) is 0 Å². The molecule has 0 atom stereocenters. The zero-order valence-corrected chi connectivity index (χ0v) is 7.30. The molecule has 2 rings (SSSR count). The van der Waals surface area contributed by atoms with Gasteiger partial charge >= 0.3 is 0 Å². The molecule has 70 valence electrons. The highest BCUT2D eigenvalue weighted by Crippen LogP contribution is 2.16. The molecule has 1 saturated heterocycles. The molecular weight excluding hydrogens is 172 g/mol. The molecule has 0 N–H and O–H groups in total. The van der Waals surface area contributed by atoms with Crippen LogP contribution in [0.4, 0.5) is 5.88 Å². The molecule has 1 aromatic heterocycles. The summed E-state index contributed by atoms with van der Waals surface area (Å²) in [6, 6.07) is 0. The van der Waals surface area contributed by atoms with Crippen LogP contribution in [0.25, 0.3) is 0 Å². The van der Waals surface area contributed by atoms with Crippen LogP contribution in [0.2, 0.25) is 0 Å². The monoisotopic (exact) mass is 182 g/mol. The van der Waals surface area contributed by atoms with Gasteiger partial charge in [0.1, 0.15) is 13.3 Å². The lowest BCUT2D eigenvalue weighted by atomic mass is 10.3. The number of rotatable bonds is 2. The number of anilines is 1. The van der Waals surface area contributed by atoms with Gasteiger partial charge in [-0.15, -0.1) is 5.10 Å². The van der Waals surface area contributed by atoms with Gasteiger partial charge in [-0.1, -0.05) is 5.16 Å². The van der Waals surface area contributed by atoms with E-state index in [0.29, 0.717) is 5.88 Å². The molecule has 0 unspecified atom stereocenters. The Bertz CT molecular complexity index is 295. The van der Waals surface area contributed by atoms with E-state index in [4.69, 9.17) is 9.36 Å². The van der Waals surface area contributed by atoms with Gasteiger partial charge in [0.15, 0.2) is 0 Å². The van der Waals surface area contributed by atoms with Crippen LogP contribution >= 0.6 is 0 Å². The fourth-order valence-corrected chi connectivity index (χ4v) is 1.34. The Kier molecular flexibility index (Phi) is 2.11. The van der Waals surface area contributed by atoms with Crippen LogP contribution in [0.15, 0.2) is 15.9 Å². The summed E-state index contributed by atoms with van der Waals surface area (Å²) in [7, 11) is 1.55. The van der Waals surface area contributed by atoms with Crippen molar-refractivity contribution in [2.24, 2.45) is 5.16 Å². The molecule has 0 spiro atoms. The van der Waals surface area contributed by atoms with Crippen LogP contribution in [-0.2, 0) is 4.84 Å². The lowest BCUT2D eigenvalue weighted by Gasteiger charge is -2.09. The second-order valence-corrected chi connectivity index (χ2v) is 2.77. The van der Waals surface area contributed by atoms with Gasteiger partial charge in [-0.05, 0) is 0 Å². The maximum absolute atomic E-state index is 4.91. The van der Waals surface area contributed by atoms with Crippen molar-refractivity contribution in [3.63, 3.8) is 0 Å². The van der Waals surface area contributed by atoms with Crippen molar-refractivity contribution in [3.8, 4) is 0 Å². The molecule has 0 amide bonds. The predicted octanol–water partition coefficient (Wildman–Crippen LogP) is 0.282. The van der Waals surface area contributed by atoms with E-state index in [0.717, 1.165) is 25.2 Å². The van der Waals surface area contributed by atoms with Crippen LogP contribution in [-0.4, -0.2) is 36.3 Å². The van der Waals surface area contributed by atoms with E-state index in [2.05, 4.69) is 15.5 Å². The minimum atomic E-state index is 0.682. The first kappa shape index (κ1) is 8.03. The molecule has 0 bridgehead atoms. The molecule has 0 aromatic carbocycles. The molecule has 6 heteroatoms. The molecular formula is C7H10N4O2. The molecule has 1 aliphatic heterocycles. The number of hydrogen-bond acceptors (Lipinski definition) is 6. The number of aromatic nitrogens is 2. The van der Waals surface area contributed by atoms with Crippen molar-refractivity contribution in [3.05, 3.63) is 6.20 Å². The summed E-state index contributed by atoms with van der Waals surface area (Å²) >= 11 is 0. The molecule has 1 aromatic rings. The highest BCUT2D eigenvalue weighted by molar-refractivity contribution is 5.91. The van der Waals surface area contributed by atoms with E-state index in [1.54, 1.807) is 13.3 Å². The molecule has 1 fully saturated rings. The predicted molar refractivity (Wildman–Crippen MR) is 45.6 cm³/mol. The minimum absolute atomic E-state index is 0.682. The Morgan fingerprint density at radius 1 is 1.69 bits per heavy atom. The molecule has 0 radical (unpaired) electrons.